The van der Waals surface area contributed by atoms with E-state index < -0.39 is 11.7 Å². The average Bonchev–Trinajstić information content (AvgIpc) is 2.45. The molecule has 0 bridgehead atoms. The summed E-state index contributed by atoms with van der Waals surface area (Å²) in [5, 5.41) is -0.130. The van der Waals surface area contributed by atoms with E-state index >= 15 is 0 Å². The first-order chi connectivity index (χ1) is 9.90. The molecule has 0 radical (unpaired) electrons. The molecular formula is C14H9ClF3NO2. The number of halogens is 4. The van der Waals surface area contributed by atoms with Crippen molar-refractivity contribution in [3.8, 4) is 5.75 Å². The van der Waals surface area contributed by atoms with E-state index in [4.69, 9.17) is 16.3 Å². The lowest BCUT2D eigenvalue weighted by Gasteiger charge is -2.11. The van der Waals surface area contributed by atoms with Gasteiger partial charge in [-0.3, -0.25) is 9.78 Å². The third kappa shape index (κ3) is 3.95. The topological polar surface area (TPSA) is 39.2 Å². The minimum Gasteiger partial charge on any atom is -0.487 e. The van der Waals surface area contributed by atoms with Crippen molar-refractivity contribution in [3.63, 3.8) is 0 Å². The van der Waals surface area contributed by atoms with E-state index in [0.29, 0.717) is 11.8 Å². The summed E-state index contributed by atoms with van der Waals surface area (Å²) in [6.07, 6.45) is -2.42. The fraction of sp³-hybridized carbons (Fsp3) is 0.143. The van der Waals surface area contributed by atoms with E-state index in [-0.39, 0.29) is 23.1 Å². The molecule has 0 atom stereocenters. The molecule has 0 spiro atoms. The Labute approximate surface area is 123 Å². The van der Waals surface area contributed by atoms with Crippen molar-refractivity contribution >= 4 is 17.9 Å². The molecular weight excluding hydrogens is 307 g/mol. The van der Waals surface area contributed by atoms with Crippen molar-refractivity contribution in [1.29, 1.82) is 0 Å². The molecule has 0 aliphatic rings. The van der Waals surface area contributed by atoms with Gasteiger partial charge >= 0.3 is 6.18 Å². The van der Waals surface area contributed by atoms with Gasteiger partial charge in [0.05, 0.1) is 10.6 Å². The van der Waals surface area contributed by atoms with Gasteiger partial charge in [-0.25, -0.2) is 0 Å². The molecule has 110 valence electrons. The second kappa shape index (κ2) is 6.13. The lowest BCUT2D eigenvalue weighted by atomic mass is 10.2. The van der Waals surface area contributed by atoms with E-state index in [1.165, 1.54) is 12.3 Å². The van der Waals surface area contributed by atoms with Crippen molar-refractivity contribution in [1.82, 2.24) is 4.98 Å². The Morgan fingerprint density at radius 2 is 2.00 bits per heavy atom. The molecule has 0 aliphatic heterocycles. The largest absolute Gasteiger partial charge is 0.487 e. The van der Waals surface area contributed by atoms with Crippen molar-refractivity contribution < 1.29 is 22.7 Å². The molecule has 3 nitrogen and oxygen atoms in total. The maximum atomic E-state index is 12.5. The van der Waals surface area contributed by atoms with Crippen LogP contribution in [0.2, 0.25) is 5.02 Å². The second-order valence-corrected chi connectivity index (χ2v) is 4.55. The Morgan fingerprint density at radius 3 is 2.62 bits per heavy atom. The van der Waals surface area contributed by atoms with Crippen molar-refractivity contribution in [2.24, 2.45) is 0 Å². The number of rotatable bonds is 4. The van der Waals surface area contributed by atoms with E-state index in [1.54, 1.807) is 6.07 Å². The zero-order valence-electron chi connectivity index (χ0n) is 10.5. The number of pyridine rings is 1. The molecule has 1 aromatic carbocycles. The van der Waals surface area contributed by atoms with Gasteiger partial charge in [-0.15, -0.1) is 0 Å². The van der Waals surface area contributed by atoms with Gasteiger partial charge in [0.25, 0.3) is 0 Å². The summed E-state index contributed by atoms with van der Waals surface area (Å²) < 4.78 is 42.8. The molecule has 21 heavy (non-hydrogen) atoms. The van der Waals surface area contributed by atoms with Gasteiger partial charge in [-0.05, 0) is 35.9 Å². The molecule has 2 aromatic rings. The fourth-order valence-electron chi connectivity index (χ4n) is 1.60. The van der Waals surface area contributed by atoms with Crippen LogP contribution in [0.25, 0.3) is 0 Å². The number of hydrogen-bond donors (Lipinski definition) is 0. The number of ether oxygens (including phenoxy) is 1. The number of aromatic nitrogens is 1. The molecule has 0 aliphatic carbocycles. The monoisotopic (exact) mass is 315 g/mol. The lowest BCUT2D eigenvalue weighted by molar-refractivity contribution is -0.137. The van der Waals surface area contributed by atoms with Crippen molar-refractivity contribution in [2.45, 2.75) is 12.8 Å². The minimum absolute atomic E-state index is 0.0639. The summed E-state index contributed by atoms with van der Waals surface area (Å²) in [7, 11) is 0. The van der Waals surface area contributed by atoms with Crippen LogP contribution in [0, 0.1) is 0 Å². The van der Waals surface area contributed by atoms with Gasteiger partial charge in [0, 0.05) is 6.20 Å². The van der Waals surface area contributed by atoms with Crippen molar-refractivity contribution in [2.75, 3.05) is 0 Å². The summed E-state index contributed by atoms with van der Waals surface area (Å²) >= 11 is 5.77. The molecule has 0 fully saturated rings. The van der Waals surface area contributed by atoms with Gasteiger partial charge in [0.2, 0.25) is 0 Å². The van der Waals surface area contributed by atoms with E-state index in [1.807, 2.05) is 0 Å². The number of alkyl halides is 3. The lowest BCUT2D eigenvalue weighted by Crippen LogP contribution is -2.05. The van der Waals surface area contributed by atoms with Gasteiger partial charge in [-0.1, -0.05) is 11.6 Å². The number of benzene rings is 1. The van der Waals surface area contributed by atoms with Crippen LogP contribution in [-0.2, 0) is 12.8 Å². The molecule has 0 saturated carbocycles. The highest BCUT2D eigenvalue weighted by molar-refractivity contribution is 6.32. The van der Waals surface area contributed by atoms with E-state index in [2.05, 4.69) is 4.98 Å². The zero-order chi connectivity index (χ0) is 15.5. The van der Waals surface area contributed by atoms with Crippen LogP contribution in [0.5, 0.6) is 5.75 Å². The molecule has 7 heteroatoms. The number of carbonyl (C=O) groups excluding carboxylic acids is 1. The maximum absolute atomic E-state index is 12.5. The van der Waals surface area contributed by atoms with Crippen LogP contribution in [0.4, 0.5) is 13.2 Å². The van der Waals surface area contributed by atoms with Gasteiger partial charge in [0.1, 0.15) is 18.1 Å². The Morgan fingerprint density at radius 1 is 1.24 bits per heavy atom. The number of carbonyl (C=O) groups is 1. The predicted octanol–water partition coefficient (Wildman–Crippen LogP) is 4.15. The van der Waals surface area contributed by atoms with Crippen LogP contribution >= 0.6 is 11.6 Å². The van der Waals surface area contributed by atoms with E-state index in [9.17, 15) is 18.0 Å². The predicted molar refractivity (Wildman–Crippen MR) is 70.4 cm³/mol. The van der Waals surface area contributed by atoms with E-state index in [0.717, 1.165) is 18.2 Å². The molecule has 0 amide bonds. The summed E-state index contributed by atoms with van der Waals surface area (Å²) in [4.78, 5) is 14.4. The smallest absolute Gasteiger partial charge is 0.416 e. The standard InChI is InChI=1S/C14H9ClF3NO2/c15-12-6-10(14(16,17)18)1-2-13(12)21-8-9-3-4-19-11(5-9)7-20/h1-7H,8H2. The Bertz CT molecular complexity index is 659. The van der Waals surface area contributed by atoms with Crippen molar-refractivity contribution in [3.05, 3.63) is 58.4 Å². The SMILES string of the molecule is O=Cc1cc(COc2ccc(C(F)(F)F)cc2Cl)ccn1. The van der Waals surface area contributed by atoms with Crippen LogP contribution < -0.4 is 4.74 Å². The molecule has 1 heterocycles. The maximum Gasteiger partial charge on any atom is 0.416 e. The number of nitrogens with zero attached hydrogens (tertiary/aromatic N) is 1. The molecule has 1 aromatic heterocycles. The second-order valence-electron chi connectivity index (χ2n) is 4.14. The van der Waals surface area contributed by atoms with Crippen LogP contribution in [0.1, 0.15) is 21.6 Å². The summed E-state index contributed by atoms with van der Waals surface area (Å²) in [6, 6.07) is 6.01. The summed E-state index contributed by atoms with van der Waals surface area (Å²) in [5.74, 6) is 0.133. The molecule has 0 saturated heterocycles. The Balaban J connectivity index is 2.11. The normalized spacial score (nSPS) is 11.2. The molecule has 0 N–H and O–H groups in total. The number of aldehydes is 1. The van der Waals surface area contributed by atoms with Gasteiger partial charge in [0.15, 0.2) is 6.29 Å². The fourth-order valence-corrected chi connectivity index (χ4v) is 1.84. The highest BCUT2D eigenvalue weighted by atomic mass is 35.5. The highest BCUT2D eigenvalue weighted by Gasteiger charge is 2.31. The van der Waals surface area contributed by atoms with Crippen LogP contribution in [0.3, 0.4) is 0 Å². The molecule has 0 unspecified atom stereocenters. The van der Waals surface area contributed by atoms with Crippen LogP contribution in [0.15, 0.2) is 36.5 Å². The quantitative estimate of drug-likeness (QED) is 0.796. The first-order valence-electron chi connectivity index (χ1n) is 5.80. The van der Waals surface area contributed by atoms with Gasteiger partial charge < -0.3 is 4.74 Å². The number of hydrogen-bond acceptors (Lipinski definition) is 3. The average molecular weight is 316 g/mol. The van der Waals surface area contributed by atoms with Gasteiger partial charge in [-0.2, -0.15) is 13.2 Å². The minimum atomic E-state index is -4.45. The zero-order valence-corrected chi connectivity index (χ0v) is 11.3. The van der Waals surface area contributed by atoms with Crippen LogP contribution in [-0.4, -0.2) is 11.3 Å². The Kier molecular flexibility index (Phi) is 4.47. The summed E-state index contributed by atoms with van der Waals surface area (Å²) in [6.45, 7) is 0.0639. The first-order valence-corrected chi connectivity index (χ1v) is 6.17. The summed E-state index contributed by atoms with van der Waals surface area (Å²) in [5.41, 5.74) is 0.0599. The Hall–Kier alpha value is -2.08. The first kappa shape index (κ1) is 15.3. The highest BCUT2D eigenvalue weighted by Crippen LogP contribution is 2.34. The third-order valence-corrected chi connectivity index (χ3v) is 2.92. The third-order valence-electron chi connectivity index (χ3n) is 2.62. The molecule has 2 rings (SSSR count).